The molecule has 0 unspecified atom stereocenters. The summed E-state index contributed by atoms with van der Waals surface area (Å²) in [6.45, 7) is 15.4. The lowest BCUT2D eigenvalue weighted by atomic mass is 9.95. The molecule has 15 heterocycles. The van der Waals surface area contributed by atoms with E-state index in [0.717, 1.165) is 5.56 Å². The number of benzene rings is 6. The number of aliphatic hydroxyl groups is 2. The molecule has 0 spiro atoms. The van der Waals surface area contributed by atoms with E-state index in [-0.39, 0.29) is 97.8 Å². The molecule has 0 radical (unpaired) electrons. The minimum absolute atomic E-state index is 0.00110. The summed E-state index contributed by atoms with van der Waals surface area (Å²) >= 11 is 23.6. The predicted octanol–water partition coefficient (Wildman–Crippen LogP) is 12.6. The van der Waals surface area contributed by atoms with Crippen molar-refractivity contribution >= 4 is 163 Å². The standard InChI is InChI=1S/C34H30ClFN8O5S.C33H31ClFN9O4S.C32H29ClFN9O4S/c1-19(45)20-3-5-21(6-4-20)32(46)44-11-9-27(40-44)43-17-23-16-41(12-13-42(23)34(43)48)18-26-28(33(47)49-2)29(24-8-7-22(36)15-25(24)35)39-30(38-26)31-37-10-14-50-31;1-19(45)21-5-3-20(4-6-21)14-42-18-37-32(40-42)44-16-23-15-41(10-11-43(23)33(44)47)17-26-27(31(46)48-2)28(24-8-7-22(35)13-25(24)34)39-29(38-26)30-36-9-12-49-30;1-18(44)19-3-6-21(7-4-19)43-17-36-31(39-43)42-15-22-14-40(10-11-41(22)32(42)46)16-25-26(30(45)47-2)27(23-8-5-20(34)13-24(23)33)38-28(37-25)29-35-9-12-48-29/h3-11,14-15,23,29,45H,1,12-13,16-18H2,2H3,(H,38,39);3-9,12-13,18,23,28,45H,1,10-11,14-17H2,2H3,(H,38,39);3-9,12-13,17,22,27H,10-11,14-16H2,1-2H3,(H,37,38)/t23-,29-;23-,28-;22-,27-/m000/s1. The number of carbonyl (C=O) groups excluding carboxylic acids is 8. The Morgan fingerprint density at radius 3 is 1.20 bits per heavy atom. The van der Waals surface area contributed by atoms with Crippen molar-refractivity contribution in [3.8, 4) is 5.69 Å². The minimum atomic E-state index is -0.888. The van der Waals surface area contributed by atoms with Gasteiger partial charge in [0.15, 0.2) is 44.1 Å². The number of amidine groups is 3. The summed E-state index contributed by atoms with van der Waals surface area (Å²) in [5.41, 5.74) is 7.49. The minimum Gasteiger partial charge on any atom is -0.508 e. The molecule has 0 bridgehead atoms. The molecule has 6 saturated heterocycles. The van der Waals surface area contributed by atoms with Crippen molar-refractivity contribution in [2.45, 2.75) is 49.7 Å². The number of amides is 6. The summed E-state index contributed by atoms with van der Waals surface area (Å²) in [6, 6.07) is 30.5. The molecule has 0 saturated carbocycles. The van der Waals surface area contributed by atoms with E-state index in [1.54, 1.807) is 121 Å². The summed E-state index contributed by atoms with van der Waals surface area (Å²) in [7, 11) is 3.88. The molecule has 48 heteroatoms. The quantitative estimate of drug-likeness (QED) is 0.0153. The van der Waals surface area contributed by atoms with E-state index >= 15 is 0 Å². The molecule has 21 rings (SSSR count). The van der Waals surface area contributed by atoms with Crippen LogP contribution < -0.4 is 30.7 Å². The zero-order valence-corrected chi connectivity index (χ0v) is 83.5. The van der Waals surface area contributed by atoms with Crippen molar-refractivity contribution in [3.63, 3.8) is 0 Å². The van der Waals surface area contributed by atoms with Crippen molar-refractivity contribution in [2.24, 2.45) is 15.0 Å². The molecule has 6 atom stereocenters. The Morgan fingerprint density at radius 2 is 0.816 bits per heavy atom. The molecule has 39 nitrogen and oxygen atoms in total. The number of carbonyl (C=O) groups is 8. The van der Waals surface area contributed by atoms with Gasteiger partial charge in [0.1, 0.15) is 59.8 Å². The number of nitrogens with zero attached hydrogens (tertiary/aromatic N) is 23. The number of halogens is 6. The SMILES string of the molecule is C=C(O)c1ccc(C(=O)n2ccc(N3C[C@@H]4CN(CC5=C(C(=O)OC)[C@H](c6ccc(F)cc6Cl)N=C(c6nccs6)N5)CCN4C3=O)n2)cc1.C=C(O)c1ccc(Cn2cnc(N3C[C@@H]4CN(CC5=C(C(=O)OC)[C@H](c6ccc(F)cc6Cl)N=C(c6nccs6)N5)CCN4C3=O)n2)cc1.COC(=O)C1=C(CN2CCN3C(=O)N(c4ncn(-c5ccc(C(C)=O)cc5)n4)C[C@@H]3C2)NC(c2nccs2)=N[C@H]1c1ccc(F)cc1Cl. The largest absolute Gasteiger partial charge is 0.508 e. The summed E-state index contributed by atoms with van der Waals surface area (Å²) in [5, 5.41) is 50.3. The van der Waals surface area contributed by atoms with Gasteiger partial charge in [-0.1, -0.05) is 103 Å². The summed E-state index contributed by atoms with van der Waals surface area (Å²) in [4.78, 5) is 158. The first-order valence-electron chi connectivity index (χ1n) is 45.9. The predicted molar refractivity (Wildman–Crippen MR) is 543 cm³/mol. The highest BCUT2D eigenvalue weighted by Gasteiger charge is 2.49. The van der Waals surface area contributed by atoms with Crippen LogP contribution in [-0.4, -0.2) is 297 Å². The maximum absolute atomic E-state index is 14.0. The van der Waals surface area contributed by atoms with Crippen LogP contribution in [0.1, 0.15) is 94.2 Å². The van der Waals surface area contributed by atoms with Crippen LogP contribution in [0.3, 0.4) is 0 Å². The third kappa shape index (κ3) is 21.2. The first-order chi connectivity index (χ1) is 71.0. The number of esters is 3. The van der Waals surface area contributed by atoms with Gasteiger partial charge >= 0.3 is 36.0 Å². The van der Waals surface area contributed by atoms with E-state index < -0.39 is 59.4 Å². The van der Waals surface area contributed by atoms with Gasteiger partial charge in [-0.2, -0.15) is 9.97 Å². The fourth-order valence-corrected chi connectivity index (χ4v) is 21.3. The van der Waals surface area contributed by atoms with Gasteiger partial charge in [0.05, 0.1) is 88.0 Å². The number of aliphatic hydroxyl groups excluding tert-OH is 2. The number of aliphatic imine (C=N–C) groups is 3. The molecule has 147 heavy (non-hydrogen) atoms. The van der Waals surface area contributed by atoms with Crippen LogP contribution in [0, 0.1) is 17.5 Å². The van der Waals surface area contributed by atoms with Crippen molar-refractivity contribution in [3.05, 3.63) is 326 Å². The number of thiazole rings is 3. The smallest absolute Gasteiger partial charge is 0.338 e. The second-order valence-corrected chi connectivity index (χ2v) is 38.9. The number of aromatic nitrogens is 11. The second-order valence-electron chi connectivity index (χ2n) is 35.0. The number of piperazine rings is 3. The number of Topliss-reactive ketones (excluding diaryl/α,β-unsaturated/α-hetero) is 1. The summed E-state index contributed by atoms with van der Waals surface area (Å²) < 4.78 is 62.1. The summed E-state index contributed by atoms with van der Waals surface area (Å²) in [6.07, 6.45) is 9.61. The van der Waals surface area contributed by atoms with Crippen molar-refractivity contribution in [1.82, 2.24) is 99.6 Å². The Kier molecular flexibility index (Phi) is 29.3. The number of rotatable bonds is 25. The van der Waals surface area contributed by atoms with Gasteiger partial charge < -0.3 is 55.1 Å². The van der Waals surface area contributed by atoms with Crippen LogP contribution in [0.15, 0.2) is 249 Å². The van der Waals surface area contributed by atoms with Gasteiger partial charge in [0, 0.05) is 197 Å². The Bertz CT molecular complexity index is 7370. The maximum atomic E-state index is 14.0. The molecule has 6 fully saturated rings. The van der Waals surface area contributed by atoms with Gasteiger partial charge in [0.2, 0.25) is 0 Å². The number of nitrogens with one attached hydrogen (secondary N) is 3. The molecule has 6 aromatic carbocycles. The van der Waals surface area contributed by atoms with Crippen molar-refractivity contribution in [1.29, 1.82) is 0 Å². The van der Waals surface area contributed by atoms with Crippen LogP contribution in [-0.2, 0) is 35.1 Å². The average Bonchev–Trinajstić information content (AvgIpc) is 1.39. The van der Waals surface area contributed by atoms with Gasteiger partial charge in [-0.25, -0.2) is 70.9 Å². The highest BCUT2D eigenvalue weighted by molar-refractivity contribution is 7.12. The molecule has 9 aliphatic rings. The molecule has 754 valence electrons. The Balaban J connectivity index is 0.000000139. The average molecular weight is 2110 g/mol. The van der Waals surface area contributed by atoms with Gasteiger partial charge in [-0.3, -0.25) is 54.0 Å². The molecule has 9 aliphatic heterocycles. The fraction of sp³-hybridized carbons (Fsp3) is 0.263. The lowest BCUT2D eigenvalue weighted by Crippen LogP contribution is -2.53. The van der Waals surface area contributed by atoms with E-state index in [9.17, 15) is 61.7 Å². The topological polar surface area (TPSA) is 425 Å². The molecule has 6 aromatic heterocycles. The highest BCUT2D eigenvalue weighted by Crippen LogP contribution is 2.43. The zero-order chi connectivity index (χ0) is 103. The molecular formula is C99H90Cl3F3N26O13S3. The number of ketones is 1. The number of ether oxygens (including phenoxy) is 3. The van der Waals surface area contributed by atoms with E-state index in [0.29, 0.717) is 204 Å². The van der Waals surface area contributed by atoms with Crippen LogP contribution in [0.5, 0.6) is 0 Å². The fourth-order valence-electron chi connectivity index (χ4n) is 18.7. The van der Waals surface area contributed by atoms with Gasteiger partial charge in [-0.15, -0.1) is 49.3 Å². The van der Waals surface area contributed by atoms with E-state index in [1.165, 1.54) is 134 Å². The number of hydrogen-bond acceptors (Lipinski definition) is 33. The molecule has 0 aliphatic carbocycles. The third-order valence-corrected chi connectivity index (χ3v) is 29.2. The van der Waals surface area contributed by atoms with Crippen LogP contribution in [0.25, 0.3) is 17.2 Å². The number of anilines is 3. The first kappa shape index (κ1) is 100. The molecule has 5 N–H and O–H groups in total. The Labute approximate surface area is 863 Å². The Morgan fingerprint density at radius 1 is 0.442 bits per heavy atom. The van der Waals surface area contributed by atoms with Crippen molar-refractivity contribution in [2.75, 3.05) is 134 Å². The van der Waals surface area contributed by atoms with Crippen LogP contribution >= 0.6 is 68.8 Å². The van der Waals surface area contributed by atoms with Crippen LogP contribution in [0.4, 0.5) is 45.3 Å². The number of hydrogen-bond donors (Lipinski definition) is 5. The molecule has 12 aromatic rings. The van der Waals surface area contributed by atoms with Crippen molar-refractivity contribution < 1.29 is 76.0 Å². The van der Waals surface area contributed by atoms with Gasteiger partial charge in [0.25, 0.3) is 17.8 Å². The molecule has 6 amide bonds. The van der Waals surface area contributed by atoms with E-state index in [1.807, 2.05) is 38.1 Å². The number of urea groups is 3. The molecular weight excluding hydrogens is 2020 g/mol. The monoisotopic (exact) mass is 2110 g/mol. The van der Waals surface area contributed by atoms with Crippen LogP contribution in [0.2, 0.25) is 15.1 Å². The highest BCUT2D eigenvalue weighted by atomic mass is 35.5. The lowest BCUT2D eigenvalue weighted by molar-refractivity contribution is -0.137. The lowest BCUT2D eigenvalue weighted by Gasteiger charge is -2.38. The summed E-state index contributed by atoms with van der Waals surface area (Å²) in [5.74, 6) is -1.54. The van der Waals surface area contributed by atoms with E-state index in [4.69, 9.17) is 64.0 Å². The number of methoxy groups -OCH3 is 3. The first-order valence-corrected chi connectivity index (χ1v) is 49.7. The third-order valence-electron chi connectivity index (χ3n) is 25.9. The van der Waals surface area contributed by atoms with E-state index in [2.05, 4.69) is 84.0 Å². The maximum Gasteiger partial charge on any atom is 0.338 e. The number of fused-ring (bicyclic) bond motifs is 3. The zero-order valence-electron chi connectivity index (χ0n) is 78.8. The normalized spacial score (nSPS) is 19.5. The van der Waals surface area contributed by atoms with Gasteiger partial charge in [-0.05, 0) is 85.3 Å². The second kappa shape index (κ2) is 43.0. The Hall–Kier alpha value is -15.5.